The number of nitrogens with zero attached hydrogens (tertiary/aromatic N) is 1. The molecule has 2 aliphatic heterocycles. The largest absolute Gasteiger partial charge is 0.447 e. The van der Waals surface area contributed by atoms with E-state index >= 15 is 0 Å². The molecule has 0 radical (unpaired) electrons. The smallest absolute Gasteiger partial charge is 0.407 e. The average molecular weight is 326 g/mol. The van der Waals surface area contributed by atoms with Crippen molar-refractivity contribution in [3.63, 3.8) is 0 Å². The van der Waals surface area contributed by atoms with Crippen LogP contribution >= 0.6 is 0 Å². The normalized spacial score (nSPS) is 39.7. The first kappa shape index (κ1) is 14.3. The topological polar surface area (TPSA) is 58.6 Å². The molecule has 2 saturated heterocycles. The third kappa shape index (κ3) is 2.00. The standard InChI is InChI=1S/C19H22N2O3/c22-16(13-8-18(9-13)12-24-17(23)20-18)21-7-6-19(10-15(19)11-21)14-4-2-1-3-5-14/h1-5,13,15H,6-12H2,(H,20,23)/t13?,15-,18?,19?/m1/s1. The minimum Gasteiger partial charge on any atom is -0.447 e. The van der Waals surface area contributed by atoms with Crippen molar-refractivity contribution in [2.45, 2.75) is 36.6 Å². The van der Waals surface area contributed by atoms with Gasteiger partial charge in [-0.3, -0.25) is 4.79 Å². The van der Waals surface area contributed by atoms with Gasteiger partial charge >= 0.3 is 6.09 Å². The van der Waals surface area contributed by atoms with E-state index in [1.54, 1.807) is 0 Å². The molecule has 126 valence electrons. The maximum atomic E-state index is 12.8. The molecule has 0 bridgehead atoms. The Balaban J connectivity index is 1.21. The fraction of sp³-hybridized carbons (Fsp3) is 0.579. The van der Waals surface area contributed by atoms with Crippen molar-refractivity contribution in [1.29, 1.82) is 0 Å². The van der Waals surface area contributed by atoms with Crippen LogP contribution in [0.5, 0.6) is 0 Å². The summed E-state index contributed by atoms with van der Waals surface area (Å²) in [6, 6.07) is 10.8. The monoisotopic (exact) mass is 326 g/mol. The first-order valence-corrected chi connectivity index (χ1v) is 8.90. The number of fused-ring (bicyclic) bond motifs is 1. The van der Waals surface area contributed by atoms with Crippen molar-refractivity contribution in [2.75, 3.05) is 19.7 Å². The molecule has 5 rings (SSSR count). The van der Waals surface area contributed by atoms with Crippen LogP contribution in [0.1, 0.15) is 31.2 Å². The summed E-state index contributed by atoms with van der Waals surface area (Å²) in [6.07, 6.45) is 3.39. The molecular weight excluding hydrogens is 304 g/mol. The van der Waals surface area contributed by atoms with Gasteiger partial charge in [-0.2, -0.15) is 0 Å². The number of piperidine rings is 1. The van der Waals surface area contributed by atoms with Gasteiger partial charge in [0.2, 0.25) is 5.91 Å². The molecule has 2 saturated carbocycles. The van der Waals surface area contributed by atoms with Crippen molar-refractivity contribution < 1.29 is 14.3 Å². The summed E-state index contributed by atoms with van der Waals surface area (Å²) in [5.41, 5.74) is 1.50. The lowest BCUT2D eigenvalue weighted by Crippen LogP contribution is -2.58. The van der Waals surface area contributed by atoms with E-state index in [2.05, 4.69) is 40.5 Å². The van der Waals surface area contributed by atoms with Crippen LogP contribution < -0.4 is 5.32 Å². The number of amides is 2. The van der Waals surface area contributed by atoms with Crippen LogP contribution in [0, 0.1) is 11.8 Å². The second-order valence-corrected chi connectivity index (χ2v) is 8.04. The molecule has 5 heteroatoms. The Bertz CT molecular complexity index is 698. The number of likely N-dealkylation sites (tertiary alicyclic amines) is 1. The zero-order valence-corrected chi connectivity index (χ0v) is 13.7. The van der Waals surface area contributed by atoms with E-state index in [0.29, 0.717) is 17.9 Å². The van der Waals surface area contributed by atoms with Gasteiger partial charge in [-0.15, -0.1) is 0 Å². The number of alkyl carbamates (subject to hydrolysis) is 1. The molecule has 2 amide bonds. The van der Waals surface area contributed by atoms with E-state index in [-0.39, 0.29) is 23.5 Å². The zero-order valence-electron chi connectivity index (χ0n) is 13.7. The number of carbonyl (C=O) groups is 2. The fourth-order valence-electron chi connectivity index (χ4n) is 5.11. The zero-order chi connectivity index (χ0) is 16.4. The molecule has 4 fully saturated rings. The van der Waals surface area contributed by atoms with Gasteiger partial charge < -0.3 is 15.0 Å². The average Bonchev–Trinajstić information content (AvgIpc) is 3.19. The first-order chi connectivity index (χ1) is 11.6. The van der Waals surface area contributed by atoms with Gasteiger partial charge in [-0.1, -0.05) is 30.3 Å². The summed E-state index contributed by atoms with van der Waals surface area (Å²) in [4.78, 5) is 26.1. The van der Waals surface area contributed by atoms with Crippen molar-refractivity contribution in [3.05, 3.63) is 35.9 Å². The second kappa shape index (κ2) is 4.74. The lowest BCUT2D eigenvalue weighted by molar-refractivity contribution is -0.142. The summed E-state index contributed by atoms with van der Waals surface area (Å²) in [7, 11) is 0. The number of carbonyl (C=O) groups excluding carboxylic acids is 2. The SMILES string of the molecule is O=C1NC2(CO1)CC(C(=O)N1CCC3(c4ccccc4)C[C@@H]3C1)C2. The Hall–Kier alpha value is -2.04. The Kier molecular flexibility index (Phi) is 2.83. The number of hydrogen-bond donors (Lipinski definition) is 1. The van der Waals surface area contributed by atoms with Gasteiger partial charge in [0.1, 0.15) is 6.61 Å². The Morgan fingerprint density at radius 3 is 2.67 bits per heavy atom. The predicted octanol–water partition coefficient (Wildman–Crippen LogP) is 2.07. The van der Waals surface area contributed by atoms with Crippen molar-refractivity contribution in [3.8, 4) is 0 Å². The molecule has 24 heavy (non-hydrogen) atoms. The van der Waals surface area contributed by atoms with Crippen LogP contribution in [-0.2, 0) is 14.9 Å². The number of ether oxygens (including phenoxy) is 1. The Morgan fingerprint density at radius 1 is 1.21 bits per heavy atom. The minimum atomic E-state index is -0.343. The van der Waals surface area contributed by atoms with Crippen LogP contribution in [0.4, 0.5) is 4.79 Å². The molecule has 5 nitrogen and oxygen atoms in total. The number of cyclic esters (lactones) is 1. The summed E-state index contributed by atoms with van der Waals surface area (Å²) >= 11 is 0. The van der Waals surface area contributed by atoms with E-state index < -0.39 is 0 Å². The number of rotatable bonds is 2. The van der Waals surface area contributed by atoms with Crippen molar-refractivity contribution >= 4 is 12.0 Å². The van der Waals surface area contributed by atoms with Crippen LogP contribution in [0.2, 0.25) is 0 Å². The highest BCUT2D eigenvalue weighted by atomic mass is 16.6. The highest BCUT2D eigenvalue weighted by Crippen LogP contribution is 2.59. The highest BCUT2D eigenvalue weighted by molar-refractivity contribution is 5.82. The van der Waals surface area contributed by atoms with Crippen molar-refractivity contribution in [1.82, 2.24) is 10.2 Å². The summed E-state index contributed by atoms with van der Waals surface area (Å²) in [5, 5.41) is 2.87. The molecule has 2 aliphatic carbocycles. The van der Waals surface area contributed by atoms with Crippen LogP contribution in [0.25, 0.3) is 0 Å². The summed E-state index contributed by atoms with van der Waals surface area (Å²) in [5.74, 6) is 0.937. The highest BCUT2D eigenvalue weighted by Gasteiger charge is 2.59. The summed E-state index contributed by atoms with van der Waals surface area (Å²) < 4.78 is 5.00. The van der Waals surface area contributed by atoms with Gasteiger partial charge in [0.25, 0.3) is 0 Å². The predicted molar refractivity (Wildman–Crippen MR) is 87.4 cm³/mol. The lowest BCUT2D eigenvalue weighted by Gasteiger charge is -2.44. The molecule has 2 heterocycles. The van der Waals surface area contributed by atoms with E-state index in [9.17, 15) is 9.59 Å². The van der Waals surface area contributed by atoms with Crippen LogP contribution in [-0.4, -0.2) is 42.1 Å². The van der Waals surface area contributed by atoms with Gasteiger partial charge in [0, 0.05) is 24.4 Å². The number of hydrogen-bond acceptors (Lipinski definition) is 3. The maximum Gasteiger partial charge on any atom is 0.407 e. The Morgan fingerprint density at radius 2 is 2.00 bits per heavy atom. The molecule has 2 atom stereocenters. The molecule has 1 unspecified atom stereocenters. The first-order valence-electron chi connectivity index (χ1n) is 8.90. The maximum absolute atomic E-state index is 12.8. The van der Waals surface area contributed by atoms with Gasteiger partial charge in [0.15, 0.2) is 0 Å². The quantitative estimate of drug-likeness (QED) is 0.905. The van der Waals surface area contributed by atoms with Crippen molar-refractivity contribution in [2.24, 2.45) is 11.8 Å². The van der Waals surface area contributed by atoms with E-state index in [0.717, 1.165) is 32.4 Å². The molecule has 0 aromatic heterocycles. The fourth-order valence-corrected chi connectivity index (χ4v) is 5.11. The van der Waals surface area contributed by atoms with Gasteiger partial charge in [-0.05, 0) is 37.2 Å². The number of nitrogens with one attached hydrogen (secondary N) is 1. The van der Waals surface area contributed by atoms with Gasteiger partial charge in [-0.25, -0.2) is 4.79 Å². The van der Waals surface area contributed by atoms with Crippen LogP contribution in [0.15, 0.2) is 30.3 Å². The molecule has 1 spiro atoms. The van der Waals surface area contributed by atoms with Gasteiger partial charge in [0.05, 0.1) is 5.54 Å². The molecule has 1 N–H and O–H groups in total. The second-order valence-electron chi connectivity index (χ2n) is 8.04. The third-order valence-corrected chi connectivity index (χ3v) is 6.63. The minimum absolute atomic E-state index is 0.0509. The molecular formula is C19H22N2O3. The summed E-state index contributed by atoms with van der Waals surface area (Å²) in [6.45, 7) is 2.16. The number of benzene rings is 1. The third-order valence-electron chi connectivity index (χ3n) is 6.63. The van der Waals surface area contributed by atoms with E-state index in [1.165, 1.54) is 12.0 Å². The van der Waals surface area contributed by atoms with E-state index in [4.69, 9.17) is 4.74 Å². The van der Waals surface area contributed by atoms with E-state index in [1.807, 2.05) is 0 Å². The van der Waals surface area contributed by atoms with Crippen LogP contribution in [0.3, 0.4) is 0 Å². The molecule has 1 aromatic rings. The molecule has 1 aromatic carbocycles. The lowest BCUT2D eigenvalue weighted by atomic mass is 9.68. The molecule has 4 aliphatic rings. The Labute approximate surface area is 141 Å².